The lowest BCUT2D eigenvalue weighted by Crippen LogP contribution is -2.23. The van der Waals surface area contributed by atoms with Gasteiger partial charge in [0, 0.05) is 22.8 Å². The number of anilines is 2. The minimum Gasteiger partial charge on any atom is -0.308 e. The van der Waals surface area contributed by atoms with Gasteiger partial charge in [0.25, 0.3) is 5.91 Å². The van der Waals surface area contributed by atoms with Crippen molar-refractivity contribution in [3.63, 3.8) is 0 Å². The highest BCUT2D eigenvalue weighted by Gasteiger charge is 2.18. The lowest BCUT2D eigenvalue weighted by atomic mass is 9.97. The first-order valence-electron chi connectivity index (χ1n) is 10.4. The van der Waals surface area contributed by atoms with Crippen LogP contribution >= 0.6 is 11.5 Å². The number of hydrazone groups is 1. The Morgan fingerprint density at radius 3 is 2.18 bits per heavy atom. The van der Waals surface area contributed by atoms with E-state index in [9.17, 15) is 9.59 Å². The van der Waals surface area contributed by atoms with Crippen LogP contribution in [0.4, 0.5) is 15.5 Å². The Morgan fingerprint density at radius 1 is 0.824 bits per heavy atom. The van der Waals surface area contributed by atoms with Crippen molar-refractivity contribution in [3.8, 4) is 0 Å². The molecule has 1 heterocycles. The molecule has 0 fully saturated rings. The van der Waals surface area contributed by atoms with Crippen molar-refractivity contribution in [3.05, 3.63) is 96.2 Å². The van der Waals surface area contributed by atoms with Gasteiger partial charge < -0.3 is 5.32 Å². The molecule has 3 amide bonds. The standard InChI is InChI=1S/C25H18N6O2S/c32-23(22-24(34-31-29-22)28-25(33)27-18-10-2-1-3-11-18)30-26-15-21-19-12-6-4-8-16(19)14-17-9-5-7-13-20(17)21/h1-15H,(H,30,32)(H2,27,28,33)/b26-15-. The fraction of sp³-hybridized carbons (Fsp3) is 0. The van der Waals surface area contributed by atoms with Crippen LogP contribution in [0.1, 0.15) is 16.1 Å². The number of hydrogen-bond acceptors (Lipinski definition) is 6. The SMILES string of the molecule is O=C(Nc1ccccc1)Nc1snnc1C(=O)N/N=C\c1c2ccccc2cc2ccccc12. The van der Waals surface area contributed by atoms with E-state index in [0.29, 0.717) is 5.69 Å². The monoisotopic (exact) mass is 466 g/mol. The molecule has 166 valence electrons. The summed E-state index contributed by atoms with van der Waals surface area (Å²) in [5, 5.41) is 17.7. The number of urea groups is 1. The number of benzene rings is 4. The number of carbonyl (C=O) groups is 2. The maximum absolute atomic E-state index is 12.7. The maximum atomic E-state index is 12.7. The molecule has 0 bridgehead atoms. The summed E-state index contributed by atoms with van der Waals surface area (Å²) in [7, 11) is 0. The van der Waals surface area contributed by atoms with E-state index < -0.39 is 11.9 Å². The third-order valence-corrected chi connectivity index (χ3v) is 5.78. The number of nitrogens with one attached hydrogen (secondary N) is 3. The molecule has 5 rings (SSSR count). The van der Waals surface area contributed by atoms with Gasteiger partial charge in [0.1, 0.15) is 0 Å². The maximum Gasteiger partial charge on any atom is 0.324 e. The van der Waals surface area contributed by atoms with Gasteiger partial charge in [-0.15, -0.1) is 5.10 Å². The predicted molar refractivity (Wildman–Crippen MR) is 136 cm³/mol. The van der Waals surface area contributed by atoms with Crippen molar-refractivity contribution in [2.45, 2.75) is 0 Å². The molecule has 1 aromatic heterocycles. The van der Waals surface area contributed by atoms with Crippen molar-refractivity contribution >= 4 is 61.9 Å². The first-order valence-corrected chi connectivity index (χ1v) is 11.2. The number of carbonyl (C=O) groups excluding carboxylic acids is 2. The number of aromatic nitrogens is 2. The van der Waals surface area contributed by atoms with Gasteiger partial charge in [-0.25, -0.2) is 10.2 Å². The van der Waals surface area contributed by atoms with Crippen molar-refractivity contribution in [1.29, 1.82) is 0 Å². The van der Waals surface area contributed by atoms with Crippen LogP contribution in [0.5, 0.6) is 0 Å². The minimum absolute atomic E-state index is 0.0202. The summed E-state index contributed by atoms with van der Waals surface area (Å²) in [6.07, 6.45) is 1.62. The molecule has 3 N–H and O–H groups in total. The van der Waals surface area contributed by atoms with Gasteiger partial charge in [-0.05, 0) is 39.7 Å². The van der Waals surface area contributed by atoms with Crippen LogP contribution in [-0.2, 0) is 0 Å². The summed E-state index contributed by atoms with van der Waals surface area (Å²) in [5.41, 5.74) is 3.98. The number of rotatable bonds is 5. The molecule has 4 aromatic carbocycles. The number of para-hydroxylation sites is 1. The zero-order valence-electron chi connectivity index (χ0n) is 17.7. The molecule has 8 nitrogen and oxygen atoms in total. The summed E-state index contributed by atoms with van der Waals surface area (Å²) in [4.78, 5) is 25.0. The van der Waals surface area contributed by atoms with Crippen LogP contribution in [0.25, 0.3) is 21.5 Å². The molecule has 5 aromatic rings. The largest absolute Gasteiger partial charge is 0.324 e. The van der Waals surface area contributed by atoms with E-state index in [1.807, 2.05) is 54.6 Å². The van der Waals surface area contributed by atoms with E-state index in [1.165, 1.54) is 0 Å². The fourth-order valence-corrected chi connectivity index (χ4v) is 4.17. The van der Waals surface area contributed by atoms with E-state index in [2.05, 4.69) is 36.8 Å². The molecule has 0 radical (unpaired) electrons. The third-order valence-electron chi connectivity index (χ3n) is 5.13. The smallest absolute Gasteiger partial charge is 0.308 e. The molecule has 0 aliphatic rings. The summed E-state index contributed by atoms with van der Waals surface area (Å²) in [5.74, 6) is -0.579. The molecule has 0 atom stereocenters. The molecule has 0 aliphatic carbocycles. The molecule has 9 heteroatoms. The van der Waals surface area contributed by atoms with Gasteiger partial charge in [0.05, 0.1) is 6.21 Å². The molecule has 0 saturated heterocycles. The van der Waals surface area contributed by atoms with E-state index in [0.717, 1.165) is 38.6 Å². The van der Waals surface area contributed by atoms with Gasteiger partial charge in [-0.1, -0.05) is 71.2 Å². The Balaban J connectivity index is 1.34. The fourth-order valence-electron chi connectivity index (χ4n) is 3.60. The Bertz CT molecular complexity index is 1480. The van der Waals surface area contributed by atoms with Gasteiger partial charge in [-0.2, -0.15) is 5.10 Å². The second-order valence-electron chi connectivity index (χ2n) is 7.33. The molecule has 0 aliphatic heterocycles. The number of hydrogen-bond donors (Lipinski definition) is 3. The van der Waals surface area contributed by atoms with Crippen LogP contribution in [0, 0.1) is 0 Å². The topological polar surface area (TPSA) is 108 Å². The molecular weight excluding hydrogens is 448 g/mol. The predicted octanol–water partition coefficient (Wildman–Crippen LogP) is 5.25. The Morgan fingerprint density at radius 2 is 1.47 bits per heavy atom. The van der Waals surface area contributed by atoms with Crippen LogP contribution in [0.3, 0.4) is 0 Å². The molecule has 0 unspecified atom stereocenters. The number of amides is 3. The summed E-state index contributed by atoms with van der Waals surface area (Å²) in [6, 6.07) is 26.6. The third kappa shape index (κ3) is 4.45. The van der Waals surface area contributed by atoms with Gasteiger partial charge in [0.15, 0.2) is 10.7 Å². The van der Waals surface area contributed by atoms with Crippen molar-refractivity contribution in [1.82, 2.24) is 15.0 Å². The van der Waals surface area contributed by atoms with Crippen molar-refractivity contribution in [2.24, 2.45) is 5.10 Å². The van der Waals surface area contributed by atoms with Crippen LogP contribution in [-0.4, -0.2) is 27.7 Å². The summed E-state index contributed by atoms with van der Waals surface area (Å²) in [6.45, 7) is 0. The Labute approximate surface area is 198 Å². The second kappa shape index (κ2) is 9.47. The van der Waals surface area contributed by atoms with Crippen LogP contribution in [0.15, 0.2) is 90.0 Å². The zero-order chi connectivity index (χ0) is 23.3. The minimum atomic E-state index is -0.579. The van der Waals surface area contributed by atoms with E-state index >= 15 is 0 Å². The zero-order valence-corrected chi connectivity index (χ0v) is 18.5. The Hall–Kier alpha value is -4.63. The first-order chi connectivity index (χ1) is 16.7. The van der Waals surface area contributed by atoms with Crippen LogP contribution in [0.2, 0.25) is 0 Å². The lowest BCUT2D eigenvalue weighted by Gasteiger charge is -2.08. The molecule has 34 heavy (non-hydrogen) atoms. The molecule has 0 spiro atoms. The van der Waals surface area contributed by atoms with E-state index in [-0.39, 0.29) is 10.7 Å². The van der Waals surface area contributed by atoms with E-state index in [4.69, 9.17) is 0 Å². The molecule has 0 saturated carbocycles. The van der Waals surface area contributed by atoms with E-state index in [1.54, 1.807) is 30.5 Å². The van der Waals surface area contributed by atoms with Crippen LogP contribution < -0.4 is 16.1 Å². The van der Waals surface area contributed by atoms with Crippen molar-refractivity contribution in [2.75, 3.05) is 10.6 Å². The number of fused-ring (bicyclic) bond motifs is 2. The first kappa shape index (κ1) is 21.2. The normalized spacial score (nSPS) is 11.1. The quantitative estimate of drug-likeness (QED) is 0.187. The highest BCUT2D eigenvalue weighted by molar-refractivity contribution is 7.10. The lowest BCUT2D eigenvalue weighted by molar-refractivity contribution is 0.0951. The average Bonchev–Trinajstić information content (AvgIpc) is 3.32. The average molecular weight is 467 g/mol. The summed E-state index contributed by atoms with van der Waals surface area (Å²) < 4.78 is 3.79. The summed E-state index contributed by atoms with van der Waals surface area (Å²) >= 11 is 0.905. The Kier molecular flexibility index (Phi) is 5.91. The number of nitrogens with zero attached hydrogens (tertiary/aromatic N) is 3. The van der Waals surface area contributed by atoms with Gasteiger partial charge in [-0.3, -0.25) is 10.1 Å². The molecular formula is C25H18N6O2S. The van der Waals surface area contributed by atoms with Crippen molar-refractivity contribution < 1.29 is 9.59 Å². The van der Waals surface area contributed by atoms with Gasteiger partial charge >= 0.3 is 6.03 Å². The highest BCUT2D eigenvalue weighted by atomic mass is 32.1. The second-order valence-corrected chi connectivity index (χ2v) is 8.08. The highest BCUT2D eigenvalue weighted by Crippen LogP contribution is 2.27. The van der Waals surface area contributed by atoms with Gasteiger partial charge in [0.2, 0.25) is 0 Å².